The molecule has 0 heterocycles. The van der Waals surface area contributed by atoms with Crippen molar-refractivity contribution in [3.05, 3.63) is 0 Å². The second-order valence-corrected chi connectivity index (χ2v) is 11.0. The van der Waals surface area contributed by atoms with E-state index in [-0.39, 0.29) is 18.4 Å². The number of carbonyl (C=O) groups excluding carboxylic acids is 2. The minimum Gasteiger partial charge on any atom is -0.356 e. The molecule has 0 aromatic rings. The van der Waals surface area contributed by atoms with E-state index in [1.165, 1.54) is 89.9 Å². The maximum Gasteiger partial charge on any atom is 0.233 e. The molecule has 0 aromatic heterocycles. The largest absolute Gasteiger partial charge is 0.356 e. The molecule has 0 aliphatic rings. The molecule has 8 N–H and O–H groups in total. The molecule has 0 saturated carbocycles. The average Bonchev–Trinajstić information content (AvgIpc) is 2.96. The third-order valence-corrected chi connectivity index (χ3v) is 6.91. The van der Waals surface area contributed by atoms with Gasteiger partial charge in [0, 0.05) is 19.5 Å². The Morgan fingerprint density at radius 2 is 0.875 bits per heavy atom. The fourth-order valence-electron chi connectivity index (χ4n) is 4.29. The first-order valence-corrected chi connectivity index (χ1v) is 17.0. The van der Waals surface area contributed by atoms with Crippen molar-refractivity contribution in [1.82, 2.24) is 21.3 Å². The van der Waals surface area contributed by atoms with Crippen LogP contribution in [0.15, 0.2) is 0 Å². The second kappa shape index (κ2) is 37.8. The summed E-state index contributed by atoms with van der Waals surface area (Å²) in [6.07, 6.45) is 25.0. The molecule has 0 bridgehead atoms. The summed E-state index contributed by atoms with van der Waals surface area (Å²) in [6.45, 7) is 10.9. The number of unbranched alkanes of at least 4 members (excludes halogenated alkanes) is 14. The molecule has 0 aliphatic heterocycles. The zero-order chi connectivity index (χ0) is 29.8. The summed E-state index contributed by atoms with van der Waals surface area (Å²) in [5, 5.41) is 12.4. The summed E-state index contributed by atoms with van der Waals surface area (Å²) in [5.74, 6) is 0.162. The Labute approximate surface area is 248 Å². The van der Waals surface area contributed by atoms with E-state index in [1.54, 1.807) is 0 Å². The monoisotopic (exact) mass is 571 g/mol. The maximum atomic E-state index is 11.5. The van der Waals surface area contributed by atoms with Gasteiger partial charge in [-0.25, -0.2) is 0 Å². The van der Waals surface area contributed by atoms with Gasteiger partial charge in [0.2, 0.25) is 11.8 Å². The van der Waals surface area contributed by atoms with Gasteiger partial charge in [-0.3, -0.25) is 9.59 Å². The highest BCUT2D eigenvalue weighted by atomic mass is 16.2. The predicted molar refractivity (Wildman–Crippen MR) is 174 cm³/mol. The van der Waals surface area contributed by atoms with Gasteiger partial charge in [-0.2, -0.15) is 0 Å². The van der Waals surface area contributed by atoms with Crippen molar-refractivity contribution in [3.8, 4) is 0 Å². The van der Waals surface area contributed by atoms with Gasteiger partial charge in [0.25, 0.3) is 0 Å². The van der Waals surface area contributed by atoms with E-state index in [4.69, 9.17) is 11.5 Å². The normalized spacial score (nSPS) is 10.7. The predicted octanol–water partition coefficient (Wildman–Crippen LogP) is 5.14. The molecule has 0 aromatic carbocycles. The van der Waals surface area contributed by atoms with Gasteiger partial charge in [-0.05, 0) is 71.2 Å². The van der Waals surface area contributed by atoms with Gasteiger partial charge in [0.05, 0.1) is 6.54 Å². The van der Waals surface area contributed by atoms with Gasteiger partial charge in [-0.15, -0.1) is 0 Å². The summed E-state index contributed by atoms with van der Waals surface area (Å²) >= 11 is 0. The molecule has 0 fully saturated rings. The van der Waals surface area contributed by atoms with E-state index in [2.05, 4.69) is 35.1 Å². The molecule has 0 unspecified atom stereocenters. The van der Waals surface area contributed by atoms with Crippen molar-refractivity contribution < 1.29 is 9.59 Å². The zero-order valence-electron chi connectivity index (χ0n) is 26.8. The highest BCUT2D eigenvalue weighted by Crippen LogP contribution is 2.12. The average molecular weight is 571 g/mol. The van der Waals surface area contributed by atoms with Crippen LogP contribution in [0, 0.1) is 0 Å². The molecule has 240 valence electrons. The van der Waals surface area contributed by atoms with Gasteiger partial charge < -0.3 is 32.7 Å². The minimum absolute atomic E-state index is 0.0740. The molecule has 0 spiro atoms. The summed E-state index contributed by atoms with van der Waals surface area (Å²) in [7, 11) is 0. The number of hydrogen-bond donors (Lipinski definition) is 6. The van der Waals surface area contributed by atoms with Crippen LogP contribution in [0.3, 0.4) is 0 Å². The minimum atomic E-state index is -0.0847. The lowest BCUT2D eigenvalue weighted by atomic mass is 10.0. The Hall–Kier alpha value is -1.22. The zero-order valence-corrected chi connectivity index (χ0v) is 26.8. The first-order valence-electron chi connectivity index (χ1n) is 17.0. The topological polar surface area (TPSA) is 134 Å². The second-order valence-electron chi connectivity index (χ2n) is 11.0. The molecular weight excluding hydrogens is 500 g/mol. The summed E-state index contributed by atoms with van der Waals surface area (Å²) < 4.78 is 0. The van der Waals surface area contributed by atoms with E-state index in [1.807, 2.05) is 0 Å². The van der Waals surface area contributed by atoms with E-state index in [0.717, 1.165) is 77.8 Å². The van der Waals surface area contributed by atoms with Crippen molar-refractivity contribution in [2.75, 3.05) is 52.4 Å². The maximum absolute atomic E-state index is 11.5. The van der Waals surface area contributed by atoms with Crippen LogP contribution < -0.4 is 32.7 Å². The third-order valence-electron chi connectivity index (χ3n) is 6.91. The molecule has 8 heteroatoms. The van der Waals surface area contributed by atoms with Crippen LogP contribution in [-0.4, -0.2) is 64.2 Å². The Kier molecular flexibility index (Phi) is 38.6. The molecule has 0 atom stereocenters. The molecule has 0 saturated heterocycles. The Bertz CT molecular complexity index is 508. The van der Waals surface area contributed by atoms with Gasteiger partial charge >= 0.3 is 0 Å². The lowest BCUT2D eigenvalue weighted by Gasteiger charge is -2.06. The SMILES string of the molecule is CCCCCCCCCCCCCCCC(=O)NCCCC.NCCCNCCCCNCCCNC(=O)CN. The fourth-order valence-corrected chi connectivity index (χ4v) is 4.29. The molecule has 0 rings (SSSR count). The molecule has 2 amide bonds. The van der Waals surface area contributed by atoms with Crippen LogP contribution in [0.4, 0.5) is 0 Å². The van der Waals surface area contributed by atoms with Crippen molar-refractivity contribution in [3.63, 3.8) is 0 Å². The van der Waals surface area contributed by atoms with Crippen molar-refractivity contribution >= 4 is 11.8 Å². The van der Waals surface area contributed by atoms with Gasteiger partial charge in [-0.1, -0.05) is 97.3 Å². The molecule has 0 radical (unpaired) electrons. The van der Waals surface area contributed by atoms with E-state index >= 15 is 0 Å². The lowest BCUT2D eigenvalue weighted by Crippen LogP contribution is -2.32. The first-order chi connectivity index (χ1) is 19.6. The first kappa shape index (κ1) is 40.9. The van der Waals surface area contributed by atoms with E-state index in [0.29, 0.717) is 6.54 Å². The Balaban J connectivity index is 0. The van der Waals surface area contributed by atoms with Crippen molar-refractivity contribution in [2.45, 2.75) is 142 Å². The van der Waals surface area contributed by atoms with E-state index in [9.17, 15) is 9.59 Å². The molecule has 0 aliphatic carbocycles. The number of nitrogens with one attached hydrogen (secondary N) is 4. The van der Waals surface area contributed by atoms with E-state index < -0.39 is 0 Å². The lowest BCUT2D eigenvalue weighted by molar-refractivity contribution is -0.121. The summed E-state index contributed by atoms with van der Waals surface area (Å²) in [5.41, 5.74) is 10.6. The van der Waals surface area contributed by atoms with Crippen LogP contribution in [0.25, 0.3) is 0 Å². The number of nitrogens with two attached hydrogens (primary N) is 2. The van der Waals surface area contributed by atoms with Gasteiger partial charge in [0.15, 0.2) is 0 Å². The number of carbonyl (C=O) groups is 2. The Morgan fingerprint density at radius 1 is 0.450 bits per heavy atom. The standard InChI is InChI=1S/C20H41NO.C12H29N5O/c1-3-5-7-8-9-10-11-12-13-14-15-16-17-18-20(22)21-19-6-4-2;13-5-3-8-15-6-1-2-7-16-9-4-10-17-12(18)11-14/h3-19H2,1-2H3,(H,21,22);15-16H,1-11,13-14H2,(H,17,18). The smallest absolute Gasteiger partial charge is 0.233 e. The van der Waals surface area contributed by atoms with Crippen LogP contribution in [0.2, 0.25) is 0 Å². The van der Waals surface area contributed by atoms with Crippen molar-refractivity contribution in [1.29, 1.82) is 0 Å². The summed E-state index contributed by atoms with van der Waals surface area (Å²) in [4.78, 5) is 22.3. The molecular formula is C32H70N6O2. The Morgan fingerprint density at radius 3 is 1.38 bits per heavy atom. The number of hydrogen-bond acceptors (Lipinski definition) is 6. The van der Waals surface area contributed by atoms with Crippen LogP contribution in [-0.2, 0) is 9.59 Å². The number of amides is 2. The third kappa shape index (κ3) is 38.9. The molecule has 8 nitrogen and oxygen atoms in total. The highest BCUT2D eigenvalue weighted by Gasteiger charge is 2.00. The summed E-state index contributed by atoms with van der Waals surface area (Å²) in [6, 6.07) is 0. The highest BCUT2D eigenvalue weighted by molar-refractivity contribution is 5.77. The van der Waals surface area contributed by atoms with Crippen LogP contribution in [0.5, 0.6) is 0 Å². The van der Waals surface area contributed by atoms with Crippen molar-refractivity contribution in [2.24, 2.45) is 11.5 Å². The fraction of sp³-hybridized carbons (Fsp3) is 0.938. The van der Waals surface area contributed by atoms with Crippen LogP contribution >= 0.6 is 0 Å². The molecule has 40 heavy (non-hydrogen) atoms. The van der Waals surface area contributed by atoms with Crippen LogP contribution in [0.1, 0.15) is 142 Å². The van der Waals surface area contributed by atoms with Gasteiger partial charge in [0.1, 0.15) is 0 Å². The quantitative estimate of drug-likeness (QED) is 0.0662. The number of rotatable bonds is 30.